The highest BCUT2D eigenvalue weighted by Gasteiger charge is 2.13. The molecule has 0 aliphatic rings. The molecule has 0 radical (unpaired) electrons. The number of rotatable bonds is 5. The summed E-state index contributed by atoms with van der Waals surface area (Å²) in [5.41, 5.74) is 2.40. The fraction of sp³-hybridized carbons (Fsp3) is 0.364. The molecule has 1 unspecified atom stereocenters. The van der Waals surface area contributed by atoms with Gasteiger partial charge in [0.1, 0.15) is 6.33 Å². The van der Waals surface area contributed by atoms with Crippen molar-refractivity contribution in [1.29, 1.82) is 5.26 Å². The van der Waals surface area contributed by atoms with E-state index in [-0.39, 0.29) is 11.9 Å². The van der Waals surface area contributed by atoms with Crippen LogP contribution in [0.15, 0.2) is 18.7 Å². The molecule has 2 aromatic rings. The summed E-state index contributed by atoms with van der Waals surface area (Å²) in [6, 6.07) is 2.17. The maximum atomic E-state index is 8.86. The van der Waals surface area contributed by atoms with Crippen LogP contribution in [0.2, 0.25) is 0 Å². The van der Waals surface area contributed by atoms with E-state index in [1.165, 1.54) is 0 Å². The van der Waals surface area contributed by atoms with Crippen molar-refractivity contribution < 1.29 is 0 Å². The third kappa shape index (κ3) is 2.99. The topological polar surface area (TPSA) is 122 Å². The van der Waals surface area contributed by atoms with Gasteiger partial charge in [-0.05, 0) is 6.92 Å². The predicted molar refractivity (Wildman–Crippen MR) is 72.8 cm³/mol. The second-order valence-corrected chi connectivity index (χ2v) is 4.28. The maximum absolute atomic E-state index is 8.86. The number of hydrogen-bond acceptors (Lipinski definition) is 8. The first-order chi connectivity index (χ1) is 9.63. The summed E-state index contributed by atoms with van der Waals surface area (Å²) in [5, 5.41) is 8.86. The van der Waals surface area contributed by atoms with Crippen molar-refractivity contribution in [2.75, 3.05) is 23.9 Å². The molecule has 0 amide bonds. The van der Waals surface area contributed by atoms with Crippen LogP contribution in [-0.2, 0) is 0 Å². The maximum Gasteiger partial charge on any atom is 0.243 e. The molecule has 0 spiro atoms. The van der Waals surface area contributed by atoms with Crippen molar-refractivity contribution in [3.8, 4) is 12.0 Å². The summed E-state index contributed by atoms with van der Waals surface area (Å²) in [6.07, 6.45) is 4.93. The molecule has 2 heterocycles. The summed E-state index contributed by atoms with van der Waals surface area (Å²) >= 11 is 0. The van der Waals surface area contributed by atoms with Gasteiger partial charge in [-0.3, -0.25) is 9.99 Å². The average Bonchev–Trinajstić information content (AvgIpc) is 3.00. The normalized spacial score (nSPS) is 11.7. The lowest BCUT2D eigenvalue weighted by molar-refractivity contribution is 0.697. The Morgan fingerprint density at radius 3 is 2.90 bits per heavy atom. The molecule has 0 aliphatic carbocycles. The van der Waals surface area contributed by atoms with Crippen molar-refractivity contribution >= 4 is 11.9 Å². The smallest absolute Gasteiger partial charge is 0.243 e. The van der Waals surface area contributed by atoms with Gasteiger partial charge in [0.25, 0.3) is 0 Å². The number of nitrogens with two attached hydrogens (primary N) is 1. The molecular weight excluding hydrogens is 258 g/mol. The Morgan fingerprint density at radius 2 is 2.30 bits per heavy atom. The zero-order valence-corrected chi connectivity index (χ0v) is 11.2. The molecule has 0 bridgehead atoms. The highest BCUT2D eigenvalue weighted by atomic mass is 15.4. The van der Waals surface area contributed by atoms with E-state index in [4.69, 9.17) is 11.1 Å². The Kier molecular flexibility index (Phi) is 4.07. The molecule has 3 N–H and O–H groups in total. The highest BCUT2D eigenvalue weighted by molar-refractivity contribution is 5.39. The van der Waals surface area contributed by atoms with Crippen LogP contribution in [0.3, 0.4) is 0 Å². The Bertz CT molecular complexity index is 601. The van der Waals surface area contributed by atoms with Crippen molar-refractivity contribution in [3.63, 3.8) is 0 Å². The minimum absolute atomic E-state index is 0.136. The molecule has 9 heteroatoms. The lowest BCUT2D eigenvalue weighted by Crippen LogP contribution is -2.26. The van der Waals surface area contributed by atoms with Crippen LogP contribution in [0.25, 0.3) is 5.95 Å². The van der Waals surface area contributed by atoms with Crippen molar-refractivity contribution in [3.05, 3.63) is 18.7 Å². The minimum Gasteiger partial charge on any atom is -0.342 e. The molecule has 0 aliphatic heterocycles. The Hall–Kier alpha value is -2.73. The second kappa shape index (κ2) is 5.94. The number of nitrogen functional groups attached to an aromatic ring is 1. The van der Waals surface area contributed by atoms with Gasteiger partial charge in [0.15, 0.2) is 0 Å². The Labute approximate surface area is 116 Å². The quantitative estimate of drug-likeness (QED) is 0.574. The molecule has 0 saturated heterocycles. The van der Waals surface area contributed by atoms with Crippen LogP contribution in [-0.4, -0.2) is 38.1 Å². The van der Waals surface area contributed by atoms with E-state index >= 15 is 0 Å². The predicted octanol–water partition coefficient (Wildman–Crippen LogP) is -0.0612. The van der Waals surface area contributed by atoms with E-state index in [1.54, 1.807) is 35.2 Å². The van der Waals surface area contributed by atoms with Gasteiger partial charge in [-0.15, -0.1) is 0 Å². The number of nitrogens with zero attached hydrogens (tertiary/aromatic N) is 7. The van der Waals surface area contributed by atoms with E-state index in [0.717, 1.165) is 0 Å². The summed E-state index contributed by atoms with van der Waals surface area (Å²) < 4.78 is 1.65. The summed E-state index contributed by atoms with van der Waals surface area (Å²) in [4.78, 5) is 18.4. The van der Waals surface area contributed by atoms with Crippen LogP contribution in [0.1, 0.15) is 6.92 Å². The largest absolute Gasteiger partial charge is 0.342 e. The summed E-state index contributed by atoms with van der Waals surface area (Å²) in [6.45, 7) is 2.34. The first-order valence-corrected chi connectivity index (χ1v) is 5.95. The molecule has 0 aromatic carbocycles. The zero-order chi connectivity index (χ0) is 14.5. The average molecular weight is 273 g/mol. The van der Waals surface area contributed by atoms with Gasteiger partial charge in [-0.2, -0.15) is 20.2 Å². The number of nitrogens with one attached hydrogen (secondary N) is 1. The first kappa shape index (κ1) is 13.7. The molecule has 9 nitrogen and oxygen atoms in total. The third-order valence-corrected chi connectivity index (χ3v) is 2.59. The van der Waals surface area contributed by atoms with Crippen LogP contribution < -0.4 is 16.2 Å². The van der Waals surface area contributed by atoms with Gasteiger partial charge >= 0.3 is 0 Å². The standard InChI is InChI=1S/C11H15N9/c1-8(5-12)6-19(2)10-15-9(18-13)16-11(17-10)20-4-3-14-7-20/h3-4,7-8H,6,13H2,1-2H3,(H,15,16,17,18). The molecular formula is C11H15N9. The number of anilines is 2. The first-order valence-electron chi connectivity index (χ1n) is 5.95. The number of hydrazine groups is 1. The molecule has 20 heavy (non-hydrogen) atoms. The van der Waals surface area contributed by atoms with E-state index in [9.17, 15) is 0 Å². The monoisotopic (exact) mass is 273 g/mol. The van der Waals surface area contributed by atoms with Gasteiger partial charge in [0, 0.05) is 26.0 Å². The highest BCUT2D eigenvalue weighted by Crippen LogP contribution is 2.12. The SMILES string of the molecule is CC(C#N)CN(C)c1nc(NN)nc(-n2ccnc2)n1. The zero-order valence-electron chi connectivity index (χ0n) is 11.2. The lowest BCUT2D eigenvalue weighted by atomic mass is 10.2. The fourth-order valence-corrected chi connectivity index (χ4v) is 1.62. The molecule has 0 saturated carbocycles. The third-order valence-electron chi connectivity index (χ3n) is 2.59. The summed E-state index contributed by atoms with van der Waals surface area (Å²) in [7, 11) is 1.81. The van der Waals surface area contributed by atoms with E-state index in [0.29, 0.717) is 18.4 Å². The van der Waals surface area contributed by atoms with Gasteiger partial charge in [-0.25, -0.2) is 10.8 Å². The molecule has 104 valence electrons. The molecule has 0 fully saturated rings. The van der Waals surface area contributed by atoms with E-state index in [2.05, 4.69) is 31.4 Å². The van der Waals surface area contributed by atoms with E-state index in [1.807, 2.05) is 6.92 Å². The summed E-state index contributed by atoms with van der Waals surface area (Å²) in [5.74, 6) is 6.31. The Morgan fingerprint density at radius 1 is 1.50 bits per heavy atom. The number of nitriles is 1. The second-order valence-electron chi connectivity index (χ2n) is 4.28. The lowest BCUT2D eigenvalue weighted by Gasteiger charge is -2.19. The molecule has 1 atom stereocenters. The fourth-order valence-electron chi connectivity index (χ4n) is 1.62. The van der Waals surface area contributed by atoms with Crippen molar-refractivity contribution in [1.82, 2.24) is 24.5 Å². The van der Waals surface area contributed by atoms with Crippen LogP contribution in [0.4, 0.5) is 11.9 Å². The number of imidazole rings is 1. The van der Waals surface area contributed by atoms with Gasteiger partial charge in [-0.1, -0.05) is 0 Å². The number of aromatic nitrogens is 5. The molecule has 2 rings (SSSR count). The van der Waals surface area contributed by atoms with Gasteiger partial charge in [0.2, 0.25) is 17.8 Å². The van der Waals surface area contributed by atoms with Gasteiger partial charge in [0.05, 0.1) is 12.0 Å². The van der Waals surface area contributed by atoms with Crippen LogP contribution >= 0.6 is 0 Å². The van der Waals surface area contributed by atoms with E-state index < -0.39 is 0 Å². The number of hydrogen-bond donors (Lipinski definition) is 2. The minimum atomic E-state index is -0.136. The van der Waals surface area contributed by atoms with Crippen LogP contribution in [0, 0.1) is 17.2 Å². The molecule has 2 aromatic heterocycles. The van der Waals surface area contributed by atoms with Crippen molar-refractivity contribution in [2.24, 2.45) is 11.8 Å². The van der Waals surface area contributed by atoms with Crippen molar-refractivity contribution in [2.45, 2.75) is 6.92 Å². The Balaban J connectivity index is 2.34. The van der Waals surface area contributed by atoms with Crippen LogP contribution in [0.5, 0.6) is 0 Å². The van der Waals surface area contributed by atoms with Gasteiger partial charge < -0.3 is 4.90 Å².